The van der Waals surface area contributed by atoms with Crippen molar-refractivity contribution in [3.8, 4) is 0 Å². The van der Waals surface area contributed by atoms with Crippen molar-refractivity contribution in [1.29, 1.82) is 0 Å². The SMILES string of the molecule is COC(=O)CC[C@H](C)NS(=O)(=O)c1ccc(C)cc1. The minimum Gasteiger partial charge on any atom is -0.469 e. The van der Waals surface area contributed by atoms with Gasteiger partial charge < -0.3 is 4.74 Å². The van der Waals surface area contributed by atoms with Crippen LogP contribution in [0.4, 0.5) is 0 Å². The van der Waals surface area contributed by atoms with E-state index in [4.69, 9.17) is 0 Å². The first-order valence-electron chi connectivity index (χ1n) is 6.01. The van der Waals surface area contributed by atoms with Crippen molar-refractivity contribution in [1.82, 2.24) is 4.72 Å². The van der Waals surface area contributed by atoms with E-state index in [2.05, 4.69) is 9.46 Å². The van der Waals surface area contributed by atoms with Gasteiger partial charge in [0.25, 0.3) is 0 Å². The fourth-order valence-corrected chi connectivity index (χ4v) is 2.82. The molecule has 0 unspecified atom stereocenters. The number of methoxy groups -OCH3 is 1. The maximum atomic E-state index is 12.0. The first-order valence-corrected chi connectivity index (χ1v) is 7.49. The van der Waals surface area contributed by atoms with Gasteiger partial charge in [-0.05, 0) is 32.4 Å². The van der Waals surface area contributed by atoms with Gasteiger partial charge in [0.15, 0.2) is 0 Å². The zero-order chi connectivity index (χ0) is 14.5. The van der Waals surface area contributed by atoms with Gasteiger partial charge in [0.05, 0.1) is 12.0 Å². The van der Waals surface area contributed by atoms with Gasteiger partial charge in [-0.1, -0.05) is 17.7 Å². The molecule has 0 heterocycles. The average molecular weight is 285 g/mol. The van der Waals surface area contributed by atoms with E-state index in [1.54, 1.807) is 31.2 Å². The van der Waals surface area contributed by atoms with Gasteiger partial charge in [-0.2, -0.15) is 0 Å². The molecule has 5 nitrogen and oxygen atoms in total. The van der Waals surface area contributed by atoms with E-state index in [1.165, 1.54) is 7.11 Å². The molecule has 1 rings (SSSR count). The van der Waals surface area contributed by atoms with E-state index in [9.17, 15) is 13.2 Å². The molecular formula is C13H19NO4S. The predicted molar refractivity (Wildman–Crippen MR) is 72.2 cm³/mol. The Hall–Kier alpha value is -1.40. The molecule has 106 valence electrons. The summed E-state index contributed by atoms with van der Waals surface area (Å²) in [5.74, 6) is -0.346. The molecule has 0 aliphatic heterocycles. The highest BCUT2D eigenvalue weighted by Crippen LogP contribution is 2.11. The fourth-order valence-electron chi connectivity index (χ4n) is 1.55. The Morgan fingerprint density at radius 3 is 2.42 bits per heavy atom. The van der Waals surface area contributed by atoms with Gasteiger partial charge in [-0.25, -0.2) is 13.1 Å². The number of hydrogen-bond acceptors (Lipinski definition) is 4. The fraction of sp³-hybridized carbons (Fsp3) is 0.462. The summed E-state index contributed by atoms with van der Waals surface area (Å²) in [6.45, 7) is 3.61. The van der Waals surface area contributed by atoms with E-state index >= 15 is 0 Å². The van der Waals surface area contributed by atoms with Crippen LogP contribution in [0.1, 0.15) is 25.3 Å². The monoisotopic (exact) mass is 285 g/mol. The molecule has 0 saturated heterocycles. The number of benzene rings is 1. The summed E-state index contributed by atoms with van der Waals surface area (Å²) in [6.07, 6.45) is 0.589. The lowest BCUT2D eigenvalue weighted by atomic mass is 10.2. The predicted octanol–water partition coefficient (Wildman–Crippen LogP) is 1.62. The van der Waals surface area contributed by atoms with Crippen LogP contribution in [0.25, 0.3) is 0 Å². The summed E-state index contributed by atoms with van der Waals surface area (Å²) in [5, 5.41) is 0. The van der Waals surface area contributed by atoms with Crippen molar-refractivity contribution >= 4 is 16.0 Å². The first-order chi connectivity index (χ1) is 8.85. The topological polar surface area (TPSA) is 72.5 Å². The number of esters is 1. The summed E-state index contributed by atoms with van der Waals surface area (Å²) in [7, 11) is -2.22. The van der Waals surface area contributed by atoms with Crippen molar-refractivity contribution in [2.45, 2.75) is 37.6 Å². The van der Waals surface area contributed by atoms with Crippen molar-refractivity contribution in [2.75, 3.05) is 7.11 Å². The second kappa shape index (κ2) is 6.68. The molecule has 0 amide bonds. The molecule has 0 aromatic heterocycles. The second-order valence-corrected chi connectivity index (χ2v) is 6.16. The largest absolute Gasteiger partial charge is 0.469 e. The average Bonchev–Trinajstić information content (AvgIpc) is 2.36. The number of nitrogens with one attached hydrogen (secondary N) is 1. The molecule has 6 heteroatoms. The summed E-state index contributed by atoms with van der Waals surface area (Å²) in [6, 6.07) is 6.28. The van der Waals surface area contributed by atoms with E-state index in [-0.39, 0.29) is 23.3 Å². The highest BCUT2D eigenvalue weighted by molar-refractivity contribution is 7.89. The van der Waals surface area contributed by atoms with Crippen LogP contribution in [-0.4, -0.2) is 27.5 Å². The van der Waals surface area contributed by atoms with Crippen LogP contribution in [0.5, 0.6) is 0 Å². The Balaban J connectivity index is 2.64. The Labute approximate surface area is 114 Å². The molecule has 19 heavy (non-hydrogen) atoms. The maximum Gasteiger partial charge on any atom is 0.305 e. The second-order valence-electron chi connectivity index (χ2n) is 4.45. The quantitative estimate of drug-likeness (QED) is 0.806. The van der Waals surface area contributed by atoms with Crippen LogP contribution >= 0.6 is 0 Å². The zero-order valence-corrected chi connectivity index (χ0v) is 12.2. The third-order valence-corrected chi connectivity index (χ3v) is 4.30. The number of hydrogen-bond donors (Lipinski definition) is 1. The Bertz CT molecular complexity index is 522. The molecule has 1 atom stereocenters. The van der Waals surface area contributed by atoms with Crippen LogP contribution < -0.4 is 4.72 Å². The minimum absolute atomic E-state index is 0.189. The number of rotatable bonds is 6. The van der Waals surface area contributed by atoms with Crippen LogP contribution in [-0.2, 0) is 19.6 Å². The standard InChI is InChI=1S/C13H19NO4S/c1-10-4-7-12(8-5-10)19(16,17)14-11(2)6-9-13(15)18-3/h4-5,7-8,11,14H,6,9H2,1-3H3/t11-/m0/s1. The lowest BCUT2D eigenvalue weighted by Crippen LogP contribution is -2.33. The minimum atomic E-state index is -3.53. The Kier molecular flexibility index (Phi) is 5.50. The van der Waals surface area contributed by atoms with Gasteiger partial charge in [-0.3, -0.25) is 4.79 Å². The van der Waals surface area contributed by atoms with E-state index in [0.717, 1.165) is 5.56 Å². The van der Waals surface area contributed by atoms with Crippen LogP contribution in [0.15, 0.2) is 29.2 Å². The Morgan fingerprint density at radius 1 is 1.32 bits per heavy atom. The maximum absolute atomic E-state index is 12.0. The van der Waals surface area contributed by atoms with Crippen LogP contribution in [0.3, 0.4) is 0 Å². The highest BCUT2D eigenvalue weighted by atomic mass is 32.2. The zero-order valence-electron chi connectivity index (χ0n) is 11.3. The van der Waals surface area contributed by atoms with E-state index in [1.807, 2.05) is 6.92 Å². The molecule has 0 radical (unpaired) electrons. The molecule has 0 bridgehead atoms. The number of carbonyl (C=O) groups is 1. The van der Waals surface area contributed by atoms with Crippen LogP contribution in [0, 0.1) is 6.92 Å². The molecule has 0 aliphatic rings. The van der Waals surface area contributed by atoms with Crippen molar-refractivity contribution in [3.63, 3.8) is 0 Å². The van der Waals surface area contributed by atoms with Gasteiger partial charge in [0, 0.05) is 12.5 Å². The van der Waals surface area contributed by atoms with Crippen molar-refractivity contribution < 1.29 is 17.9 Å². The molecule has 0 spiro atoms. The van der Waals surface area contributed by atoms with Gasteiger partial charge >= 0.3 is 5.97 Å². The van der Waals surface area contributed by atoms with Crippen molar-refractivity contribution in [3.05, 3.63) is 29.8 Å². The number of aryl methyl sites for hydroxylation is 1. The Morgan fingerprint density at radius 2 is 1.89 bits per heavy atom. The smallest absolute Gasteiger partial charge is 0.305 e. The van der Waals surface area contributed by atoms with E-state index < -0.39 is 10.0 Å². The number of carbonyl (C=O) groups excluding carboxylic acids is 1. The van der Waals surface area contributed by atoms with Gasteiger partial charge in [0.1, 0.15) is 0 Å². The number of ether oxygens (including phenoxy) is 1. The molecule has 0 saturated carbocycles. The lowest BCUT2D eigenvalue weighted by Gasteiger charge is -2.13. The summed E-state index contributed by atoms with van der Waals surface area (Å²) in [5.41, 5.74) is 0.998. The molecular weight excluding hydrogens is 266 g/mol. The van der Waals surface area contributed by atoms with Crippen molar-refractivity contribution in [2.24, 2.45) is 0 Å². The highest BCUT2D eigenvalue weighted by Gasteiger charge is 2.17. The molecule has 1 N–H and O–H groups in total. The summed E-state index contributed by atoms with van der Waals surface area (Å²) >= 11 is 0. The van der Waals surface area contributed by atoms with Gasteiger partial charge in [-0.15, -0.1) is 0 Å². The van der Waals surface area contributed by atoms with Gasteiger partial charge in [0.2, 0.25) is 10.0 Å². The lowest BCUT2D eigenvalue weighted by molar-refractivity contribution is -0.140. The summed E-state index contributed by atoms with van der Waals surface area (Å²) < 4.78 is 31.1. The third kappa shape index (κ3) is 5.00. The first kappa shape index (κ1) is 15.7. The molecule has 0 fully saturated rings. The van der Waals surface area contributed by atoms with E-state index in [0.29, 0.717) is 6.42 Å². The normalized spacial score (nSPS) is 13.0. The number of sulfonamides is 1. The third-order valence-electron chi connectivity index (χ3n) is 2.70. The molecule has 1 aromatic carbocycles. The van der Waals surface area contributed by atoms with Crippen LogP contribution in [0.2, 0.25) is 0 Å². The molecule has 1 aromatic rings. The summed E-state index contributed by atoms with van der Waals surface area (Å²) in [4.78, 5) is 11.2. The molecule has 0 aliphatic carbocycles.